The minimum absolute atomic E-state index is 0.438. The first-order valence-corrected chi connectivity index (χ1v) is 8.05. The Kier molecular flexibility index (Phi) is 4.90. The lowest BCUT2D eigenvalue weighted by atomic mass is 9.78. The molecule has 1 aromatic rings. The van der Waals surface area contributed by atoms with Gasteiger partial charge in [-0.1, -0.05) is 24.4 Å². The first kappa shape index (κ1) is 17.6. The van der Waals surface area contributed by atoms with E-state index in [4.69, 9.17) is 16.3 Å². The van der Waals surface area contributed by atoms with Crippen molar-refractivity contribution >= 4 is 29.4 Å². The molecule has 0 aliphatic heterocycles. The van der Waals surface area contributed by atoms with Crippen LogP contribution in [0.1, 0.15) is 52.0 Å². The molecular weight excluding hydrogens is 318 g/mol. The molecule has 1 saturated carbocycles. The standard InChI is InChI=1S/C17H22ClNO4/c1-16(2,3)23-15(22)19-13-7-6-11(18)10-12(13)17(14(20)21)8-4-5-9-17/h6-7,10H,4-5,8-9H2,1-3H3,(H,19,22)(H,20,21). The largest absolute Gasteiger partial charge is 0.481 e. The molecule has 0 atom stereocenters. The Morgan fingerprint density at radius 1 is 1.26 bits per heavy atom. The molecule has 6 heteroatoms. The number of carbonyl (C=O) groups is 2. The number of hydrogen-bond acceptors (Lipinski definition) is 3. The molecule has 23 heavy (non-hydrogen) atoms. The summed E-state index contributed by atoms with van der Waals surface area (Å²) >= 11 is 6.07. The second kappa shape index (κ2) is 6.40. The van der Waals surface area contributed by atoms with Crippen LogP contribution < -0.4 is 5.32 Å². The third-order valence-corrected chi connectivity index (χ3v) is 4.23. The van der Waals surface area contributed by atoms with Crippen LogP contribution in [0.15, 0.2) is 18.2 Å². The summed E-state index contributed by atoms with van der Waals surface area (Å²) in [6, 6.07) is 4.89. The molecule has 0 bridgehead atoms. The number of carbonyl (C=O) groups excluding carboxylic acids is 1. The summed E-state index contributed by atoms with van der Waals surface area (Å²) < 4.78 is 5.25. The van der Waals surface area contributed by atoms with Crippen molar-refractivity contribution in [3.63, 3.8) is 0 Å². The Hall–Kier alpha value is -1.75. The summed E-state index contributed by atoms with van der Waals surface area (Å²) in [5.74, 6) is -0.885. The van der Waals surface area contributed by atoms with Gasteiger partial charge in [-0.3, -0.25) is 10.1 Å². The Bertz CT molecular complexity index is 616. The number of hydrogen-bond donors (Lipinski definition) is 2. The molecule has 1 fully saturated rings. The van der Waals surface area contributed by atoms with Gasteiger partial charge in [-0.25, -0.2) is 4.79 Å². The number of carboxylic acid groups (broad SMARTS) is 1. The third-order valence-electron chi connectivity index (χ3n) is 4.00. The number of halogens is 1. The average molecular weight is 340 g/mol. The predicted octanol–water partition coefficient (Wildman–Crippen LogP) is 4.58. The lowest BCUT2D eigenvalue weighted by Crippen LogP contribution is -2.34. The van der Waals surface area contributed by atoms with Gasteiger partial charge in [0.1, 0.15) is 5.60 Å². The van der Waals surface area contributed by atoms with E-state index in [0.29, 0.717) is 29.1 Å². The van der Waals surface area contributed by atoms with E-state index in [1.807, 2.05) is 0 Å². The number of aliphatic carboxylic acids is 1. The van der Waals surface area contributed by atoms with E-state index in [-0.39, 0.29) is 0 Å². The maximum absolute atomic E-state index is 12.0. The molecule has 5 nitrogen and oxygen atoms in total. The molecule has 1 aliphatic rings. The summed E-state index contributed by atoms with van der Waals surface area (Å²) in [5.41, 5.74) is -0.655. The molecular formula is C17H22ClNO4. The van der Waals surface area contributed by atoms with Crippen LogP contribution in [0.5, 0.6) is 0 Å². The lowest BCUT2D eigenvalue weighted by Gasteiger charge is -2.28. The van der Waals surface area contributed by atoms with E-state index >= 15 is 0 Å². The monoisotopic (exact) mass is 339 g/mol. The number of nitrogens with one attached hydrogen (secondary N) is 1. The molecule has 0 heterocycles. The van der Waals surface area contributed by atoms with E-state index < -0.39 is 23.1 Å². The number of anilines is 1. The van der Waals surface area contributed by atoms with Gasteiger partial charge in [0, 0.05) is 10.7 Å². The Balaban J connectivity index is 2.38. The molecule has 1 aromatic carbocycles. The molecule has 0 spiro atoms. The molecule has 2 rings (SSSR count). The van der Waals surface area contributed by atoms with Crippen molar-refractivity contribution in [3.8, 4) is 0 Å². The van der Waals surface area contributed by atoms with Crippen molar-refractivity contribution in [1.82, 2.24) is 0 Å². The van der Waals surface area contributed by atoms with Crippen LogP contribution in [0.2, 0.25) is 5.02 Å². The fourth-order valence-electron chi connectivity index (χ4n) is 3.01. The molecule has 1 aliphatic carbocycles. The van der Waals surface area contributed by atoms with Crippen molar-refractivity contribution in [3.05, 3.63) is 28.8 Å². The zero-order valence-electron chi connectivity index (χ0n) is 13.6. The highest BCUT2D eigenvalue weighted by molar-refractivity contribution is 6.30. The molecule has 2 N–H and O–H groups in total. The van der Waals surface area contributed by atoms with Gasteiger partial charge >= 0.3 is 12.1 Å². The van der Waals surface area contributed by atoms with Gasteiger partial charge in [0.05, 0.1) is 5.41 Å². The van der Waals surface area contributed by atoms with Crippen LogP contribution in [0.4, 0.5) is 10.5 Å². The highest BCUT2D eigenvalue weighted by Gasteiger charge is 2.44. The predicted molar refractivity (Wildman–Crippen MR) is 89.1 cm³/mol. The SMILES string of the molecule is CC(C)(C)OC(=O)Nc1ccc(Cl)cc1C1(C(=O)O)CCCC1. The topological polar surface area (TPSA) is 75.6 Å². The third kappa shape index (κ3) is 3.96. The van der Waals surface area contributed by atoms with Crippen LogP contribution in [-0.4, -0.2) is 22.8 Å². The smallest absolute Gasteiger partial charge is 0.412 e. The quantitative estimate of drug-likeness (QED) is 0.844. The fraction of sp³-hybridized carbons (Fsp3) is 0.529. The van der Waals surface area contributed by atoms with Gasteiger partial charge in [-0.2, -0.15) is 0 Å². The number of rotatable bonds is 3. The van der Waals surface area contributed by atoms with E-state index in [9.17, 15) is 14.7 Å². The summed E-state index contributed by atoms with van der Waals surface area (Å²) in [7, 11) is 0. The molecule has 0 aromatic heterocycles. The van der Waals surface area contributed by atoms with Crippen molar-refractivity contribution < 1.29 is 19.4 Å². The summed E-state index contributed by atoms with van der Waals surface area (Å²) in [6.07, 6.45) is 2.13. The molecule has 0 radical (unpaired) electrons. The molecule has 1 amide bonds. The summed E-state index contributed by atoms with van der Waals surface area (Å²) in [6.45, 7) is 5.31. The van der Waals surface area contributed by atoms with E-state index in [0.717, 1.165) is 12.8 Å². The van der Waals surface area contributed by atoms with Crippen molar-refractivity contribution in [2.75, 3.05) is 5.32 Å². The minimum atomic E-state index is -1.00. The maximum atomic E-state index is 12.0. The normalized spacial score (nSPS) is 16.9. The highest BCUT2D eigenvalue weighted by Crippen LogP contribution is 2.45. The van der Waals surface area contributed by atoms with E-state index in [1.54, 1.807) is 39.0 Å². The zero-order chi connectivity index (χ0) is 17.3. The zero-order valence-corrected chi connectivity index (χ0v) is 14.4. The summed E-state index contributed by atoms with van der Waals surface area (Å²) in [5, 5.41) is 12.9. The fourth-order valence-corrected chi connectivity index (χ4v) is 3.18. The van der Waals surface area contributed by atoms with Crippen LogP contribution in [-0.2, 0) is 14.9 Å². The van der Waals surface area contributed by atoms with Gasteiger partial charge in [0.2, 0.25) is 0 Å². The molecule has 0 unspecified atom stereocenters. The number of carboxylic acids is 1. The number of amides is 1. The van der Waals surface area contributed by atoms with Crippen LogP contribution in [0, 0.1) is 0 Å². The number of benzene rings is 1. The Morgan fingerprint density at radius 2 is 1.87 bits per heavy atom. The number of ether oxygens (including phenoxy) is 1. The summed E-state index contributed by atoms with van der Waals surface area (Å²) in [4.78, 5) is 24.0. The Labute approximate surface area is 141 Å². The van der Waals surface area contributed by atoms with Crippen molar-refractivity contribution in [2.45, 2.75) is 57.5 Å². The van der Waals surface area contributed by atoms with Crippen molar-refractivity contribution in [2.24, 2.45) is 0 Å². The van der Waals surface area contributed by atoms with E-state index in [2.05, 4.69) is 5.32 Å². The lowest BCUT2D eigenvalue weighted by molar-refractivity contribution is -0.143. The molecule has 126 valence electrons. The van der Waals surface area contributed by atoms with Crippen LogP contribution in [0.25, 0.3) is 0 Å². The first-order chi connectivity index (χ1) is 10.6. The van der Waals surface area contributed by atoms with Gasteiger partial charge in [0.25, 0.3) is 0 Å². The van der Waals surface area contributed by atoms with Crippen molar-refractivity contribution in [1.29, 1.82) is 0 Å². The van der Waals surface area contributed by atoms with Gasteiger partial charge in [0.15, 0.2) is 0 Å². The second-order valence-electron chi connectivity index (χ2n) is 6.91. The van der Waals surface area contributed by atoms with Crippen LogP contribution >= 0.6 is 11.6 Å². The van der Waals surface area contributed by atoms with E-state index in [1.165, 1.54) is 0 Å². The Morgan fingerprint density at radius 3 is 2.39 bits per heavy atom. The molecule has 0 saturated heterocycles. The van der Waals surface area contributed by atoms with Gasteiger partial charge in [-0.05, 0) is 57.4 Å². The minimum Gasteiger partial charge on any atom is -0.481 e. The maximum Gasteiger partial charge on any atom is 0.412 e. The highest BCUT2D eigenvalue weighted by atomic mass is 35.5. The first-order valence-electron chi connectivity index (χ1n) is 7.67. The van der Waals surface area contributed by atoms with Gasteiger partial charge in [-0.15, -0.1) is 0 Å². The second-order valence-corrected chi connectivity index (χ2v) is 7.35. The van der Waals surface area contributed by atoms with Gasteiger partial charge < -0.3 is 9.84 Å². The average Bonchev–Trinajstić information content (AvgIpc) is 2.89. The van der Waals surface area contributed by atoms with Crippen LogP contribution in [0.3, 0.4) is 0 Å².